The van der Waals surface area contributed by atoms with Gasteiger partial charge in [0.2, 0.25) is 5.91 Å². The van der Waals surface area contributed by atoms with E-state index in [1.54, 1.807) is 25.4 Å². The molecule has 1 amide bonds. The van der Waals surface area contributed by atoms with Gasteiger partial charge < -0.3 is 19.3 Å². The molecular formula is C28H29Cl2FN4O4. The molecule has 2 N–H and O–H groups in total. The second kappa shape index (κ2) is 11.6. The number of nitrogens with zero attached hydrogens (tertiary/aromatic N) is 3. The molecule has 0 spiro atoms. The number of benzene rings is 2. The van der Waals surface area contributed by atoms with Gasteiger partial charge in [-0.3, -0.25) is 9.63 Å². The molecule has 0 aliphatic carbocycles. The van der Waals surface area contributed by atoms with Crippen LogP contribution in [0.4, 0.5) is 15.9 Å². The van der Waals surface area contributed by atoms with Crippen LogP contribution in [0.25, 0.3) is 0 Å². The number of fused-ring (bicyclic) bond motifs is 1. The lowest BCUT2D eigenvalue weighted by Gasteiger charge is -2.40. The molecule has 8 nitrogen and oxygen atoms in total. The number of halogens is 3. The van der Waals surface area contributed by atoms with Crippen LogP contribution in [0.1, 0.15) is 30.4 Å². The molecule has 2 aliphatic heterocycles. The molecule has 1 fully saturated rings. The minimum absolute atomic E-state index is 0.141. The lowest BCUT2D eigenvalue weighted by Crippen LogP contribution is -2.51. The van der Waals surface area contributed by atoms with E-state index in [0.717, 1.165) is 5.56 Å². The summed E-state index contributed by atoms with van der Waals surface area (Å²) in [5.41, 5.74) is 1.02. The maximum atomic E-state index is 15.1. The Bertz CT molecular complexity index is 1350. The average Bonchev–Trinajstić information content (AvgIpc) is 2.95. The Balaban J connectivity index is 1.31. The number of carbonyl (C=O) groups is 1. The van der Waals surface area contributed by atoms with E-state index >= 15 is 4.39 Å². The summed E-state index contributed by atoms with van der Waals surface area (Å²) in [7, 11) is 1.59. The summed E-state index contributed by atoms with van der Waals surface area (Å²) >= 11 is 12.3. The number of pyridine rings is 1. The van der Waals surface area contributed by atoms with Gasteiger partial charge in [-0.25, -0.2) is 15.3 Å². The first kappa shape index (κ1) is 27.5. The van der Waals surface area contributed by atoms with Crippen LogP contribution in [-0.4, -0.2) is 43.3 Å². The second-order valence-corrected chi connectivity index (χ2v) is 10.6. The Morgan fingerprint density at radius 3 is 2.51 bits per heavy atom. The number of carbonyl (C=O) groups excluding carboxylic acids is 1. The third-order valence-corrected chi connectivity index (χ3v) is 7.84. The van der Waals surface area contributed by atoms with Crippen LogP contribution in [0.5, 0.6) is 11.5 Å². The molecule has 2 aliphatic rings. The highest BCUT2D eigenvalue weighted by molar-refractivity contribution is 6.36. The summed E-state index contributed by atoms with van der Waals surface area (Å²) in [5.74, 6) is 7.03. The van der Waals surface area contributed by atoms with Crippen molar-refractivity contribution in [1.82, 2.24) is 4.98 Å². The number of hydrogen-bond acceptors (Lipinski definition) is 7. The van der Waals surface area contributed by atoms with E-state index in [9.17, 15) is 4.79 Å². The number of ether oxygens (including phenoxy) is 2. The van der Waals surface area contributed by atoms with Crippen molar-refractivity contribution in [2.24, 2.45) is 5.90 Å². The lowest BCUT2D eigenvalue weighted by atomic mass is 9.92. The van der Waals surface area contributed by atoms with Gasteiger partial charge in [-0.05, 0) is 55.2 Å². The molecule has 2 aromatic carbocycles. The van der Waals surface area contributed by atoms with Gasteiger partial charge in [0.05, 0.1) is 29.4 Å². The first-order chi connectivity index (χ1) is 18.8. The summed E-state index contributed by atoms with van der Waals surface area (Å²) in [6, 6.07) is 12.0. The number of nitrogens with two attached hydrogens (primary N) is 1. The molecule has 1 saturated heterocycles. The number of piperidine rings is 1. The van der Waals surface area contributed by atoms with E-state index in [1.165, 1.54) is 11.0 Å². The topological polar surface area (TPSA) is 90.1 Å². The van der Waals surface area contributed by atoms with Crippen molar-refractivity contribution in [3.05, 3.63) is 75.7 Å². The van der Waals surface area contributed by atoms with Crippen molar-refractivity contribution in [3.63, 3.8) is 0 Å². The number of rotatable bonds is 8. The smallest absolute Gasteiger partial charge is 0.227 e. The van der Waals surface area contributed by atoms with Crippen molar-refractivity contribution in [2.75, 3.05) is 36.6 Å². The largest absolute Gasteiger partial charge is 0.497 e. The fraction of sp³-hybridized carbons (Fsp3) is 0.357. The van der Waals surface area contributed by atoms with Crippen molar-refractivity contribution < 1.29 is 23.5 Å². The Morgan fingerprint density at radius 1 is 1.10 bits per heavy atom. The SMILES string of the molecule is COc1ccc(CN2C(=O)CCc3c(OCC4(ON)CCN(c5ncc(Cl)cc5Cl)CC4)ccc(F)c32)cc1. The van der Waals surface area contributed by atoms with Crippen LogP contribution in [0.15, 0.2) is 48.7 Å². The van der Waals surface area contributed by atoms with Crippen LogP contribution < -0.4 is 25.2 Å². The van der Waals surface area contributed by atoms with Crippen LogP contribution in [0.3, 0.4) is 0 Å². The maximum absolute atomic E-state index is 15.1. The van der Waals surface area contributed by atoms with E-state index in [2.05, 4.69) is 9.88 Å². The predicted molar refractivity (Wildman–Crippen MR) is 148 cm³/mol. The number of methoxy groups -OCH3 is 1. The quantitative estimate of drug-likeness (QED) is 0.364. The minimum atomic E-state index is -0.746. The van der Waals surface area contributed by atoms with E-state index in [1.807, 2.05) is 24.3 Å². The highest BCUT2D eigenvalue weighted by Crippen LogP contribution is 2.39. The van der Waals surface area contributed by atoms with E-state index in [4.69, 9.17) is 43.4 Å². The summed E-state index contributed by atoms with van der Waals surface area (Å²) in [6.45, 7) is 1.61. The Kier molecular flexibility index (Phi) is 8.13. The third kappa shape index (κ3) is 5.77. The van der Waals surface area contributed by atoms with Crippen molar-refractivity contribution in [3.8, 4) is 11.5 Å². The molecular weight excluding hydrogens is 546 g/mol. The van der Waals surface area contributed by atoms with Gasteiger partial charge >= 0.3 is 0 Å². The molecule has 3 heterocycles. The zero-order chi connectivity index (χ0) is 27.6. The van der Waals surface area contributed by atoms with Crippen LogP contribution in [0, 0.1) is 5.82 Å². The first-order valence-corrected chi connectivity index (χ1v) is 13.4. The predicted octanol–water partition coefficient (Wildman–Crippen LogP) is 5.32. The number of anilines is 2. The van der Waals surface area contributed by atoms with Gasteiger partial charge in [-0.15, -0.1) is 0 Å². The fourth-order valence-corrected chi connectivity index (χ4v) is 5.60. The summed E-state index contributed by atoms with van der Waals surface area (Å²) < 4.78 is 26.6. The third-order valence-electron chi connectivity index (χ3n) is 7.35. The molecule has 39 heavy (non-hydrogen) atoms. The van der Waals surface area contributed by atoms with Crippen LogP contribution in [0.2, 0.25) is 10.0 Å². The second-order valence-electron chi connectivity index (χ2n) is 9.74. The zero-order valence-corrected chi connectivity index (χ0v) is 23.0. The minimum Gasteiger partial charge on any atom is -0.497 e. The van der Waals surface area contributed by atoms with Gasteiger partial charge in [-0.2, -0.15) is 0 Å². The molecule has 0 bridgehead atoms. The zero-order valence-electron chi connectivity index (χ0n) is 21.5. The van der Waals surface area contributed by atoms with Gasteiger partial charge in [-0.1, -0.05) is 35.3 Å². The number of hydrogen-bond donors (Lipinski definition) is 1. The normalized spacial score (nSPS) is 16.7. The van der Waals surface area contributed by atoms with E-state index in [0.29, 0.717) is 65.3 Å². The first-order valence-electron chi connectivity index (χ1n) is 12.6. The molecule has 0 atom stereocenters. The lowest BCUT2D eigenvalue weighted by molar-refractivity contribution is -0.119. The highest BCUT2D eigenvalue weighted by Gasteiger charge is 2.38. The molecule has 3 aromatic rings. The molecule has 206 valence electrons. The summed E-state index contributed by atoms with van der Waals surface area (Å²) in [5, 5.41) is 0.951. The Labute approximate surface area is 236 Å². The Morgan fingerprint density at radius 2 is 1.85 bits per heavy atom. The fourth-order valence-electron chi connectivity index (χ4n) is 5.10. The molecule has 11 heteroatoms. The molecule has 5 rings (SSSR count). The standard InChI is InChI=1S/C28H29Cl2FN4O4/c1-37-20-4-2-18(3-5-20)16-35-25(36)9-6-21-24(8-7-23(31)26(21)35)38-17-28(39-32)10-12-34(13-11-28)27-22(30)14-19(29)15-33-27/h2-5,7-8,14-15H,6,9-13,16-17,32H2,1H3. The van der Waals surface area contributed by atoms with Gasteiger partial charge in [0.15, 0.2) is 0 Å². The Hall–Kier alpha value is -3.11. The van der Waals surface area contributed by atoms with Gasteiger partial charge in [0.1, 0.15) is 35.3 Å². The maximum Gasteiger partial charge on any atom is 0.227 e. The van der Waals surface area contributed by atoms with Gasteiger partial charge in [0.25, 0.3) is 0 Å². The van der Waals surface area contributed by atoms with E-state index < -0.39 is 11.4 Å². The highest BCUT2D eigenvalue weighted by atomic mass is 35.5. The summed E-state index contributed by atoms with van der Waals surface area (Å²) in [6.07, 6.45) is 3.33. The van der Waals surface area contributed by atoms with Crippen LogP contribution in [-0.2, 0) is 22.6 Å². The number of amides is 1. The molecule has 0 saturated carbocycles. The molecule has 0 unspecified atom stereocenters. The summed E-state index contributed by atoms with van der Waals surface area (Å²) in [4.78, 5) is 26.2. The van der Waals surface area contributed by atoms with Crippen molar-refractivity contribution >= 4 is 40.6 Å². The van der Waals surface area contributed by atoms with E-state index in [-0.39, 0.29) is 31.2 Å². The van der Waals surface area contributed by atoms with Crippen LogP contribution >= 0.6 is 23.2 Å². The number of aromatic nitrogens is 1. The monoisotopic (exact) mass is 574 g/mol. The van der Waals surface area contributed by atoms with Gasteiger partial charge in [0, 0.05) is 31.3 Å². The van der Waals surface area contributed by atoms with Crippen molar-refractivity contribution in [2.45, 2.75) is 37.8 Å². The molecule has 1 aromatic heterocycles. The molecule has 0 radical (unpaired) electrons. The average molecular weight is 575 g/mol. The van der Waals surface area contributed by atoms with Crippen molar-refractivity contribution in [1.29, 1.82) is 0 Å².